The Bertz CT molecular complexity index is 920. The third-order valence-corrected chi connectivity index (χ3v) is 7.25. The monoisotopic (exact) mass is 460 g/mol. The number of rotatable bonds is 12. The van der Waals surface area contributed by atoms with E-state index in [0.717, 1.165) is 62.6 Å². The van der Waals surface area contributed by atoms with E-state index in [1.807, 2.05) is 36.5 Å². The number of carbonyl (C=O) groups excluding carboxylic acids is 1. The fraction of sp³-hybridized carbons (Fsp3) is 0.567. The zero-order chi connectivity index (χ0) is 24.2. The maximum Gasteiger partial charge on any atom is 0.314 e. The summed E-state index contributed by atoms with van der Waals surface area (Å²) in [4.78, 5) is 17.3. The number of hydrogen-bond acceptors (Lipinski definition) is 4. The number of esters is 1. The highest BCUT2D eigenvalue weighted by Crippen LogP contribution is 2.42. The third kappa shape index (κ3) is 7.42. The van der Waals surface area contributed by atoms with E-state index < -0.39 is 0 Å². The Morgan fingerprint density at radius 2 is 1.71 bits per heavy atom. The topological polar surface area (TPSA) is 63.0 Å². The van der Waals surface area contributed by atoms with Gasteiger partial charge in [0.05, 0.1) is 23.1 Å². The molecule has 0 bridgehead atoms. The SMILES string of the molecule is CCCCCCCCC1(C#N)CCC(C(=O)Oc2ccc(-c3ccc(CCC)cn3)cc2)CC1. The molecule has 1 saturated carbocycles. The normalized spacial score (nSPS) is 20.0. The van der Waals surface area contributed by atoms with Crippen molar-refractivity contribution in [1.82, 2.24) is 4.98 Å². The number of hydrogen-bond donors (Lipinski definition) is 0. The van der Waals surface area contributed by atoms with Gasteiger partial charge in [-0.25, -0.2) is 0 Å². The van der Waals surface area contributed by atoms with E-state index in [2.05, 4.69) is 31.0 Å². The Hall–Kier alpha value is -2.67. The average Bonchev–Trinajstić information content (AvgIpc) is 2.87. The first-order valence-corrected chi connectivity index (χ1v) is 13.3. The molecule has 4 nitrogen and oxygen atoms in total. The second kappa shape index (κ2) is 13.3. The van der Waals surface area contributed by atoms with Crippen molar-refractivity contribution in [3.63, 3.8) is 0 Å². The Morgan fingerprint density at radius 1 is 1.00 bits per heavy atom. The molecule has 182 valence electrons. The van der Waals surface area contributed by atoms with E-state index in [1.165, 1.54) is 37.7 Å². The average molecular weight is 461 g/mol. The molecule has 1 aromatic carbocycles. The Labute approximate surface area is 205 Å². The van der Waals surface area contributed by atoms with Crippen LogP contribution in [0.4, 0.5) is 0 Å². The van der Waals surface area contributed by atoms with Crippen molar-refractivity contribution in [2.75, 3.05) is 0 Å². The van der Waals surface area contributed by atoms with E-state index in [0.29, 0.717) is 5.75 Å². The van der Waals surface area contributed by atoms with Gasteiger partial charge in [-0.3, -0.25) is 9.78 Å². The lowest BCUT2D eigenvalue weighted by atomic mass is 9.69. The van der Waals surface area contributed by atoms with Gasteiger partial charge >= 0.3 is 5.97 Å². The molecule has 0 radical (unpaired) electrons. The van der Waals surface area contributed by atoms with Gasteiger partial charge in [0.1, 0.15) is 5.75 Å². The van der Waals surface area contributed by atoms with Gasteiger partial charge in [0.25, 0.3) is 0 Å². The first kappa shape index (κ1) is 25.9. The number of pyridine rings is 1. The molecule has 2 aromatic rings. The molecule has 1 aliphatic rings. The van der Waals surface area contributed by atoms with Crippen LogP contribution in [0.25, 0.3) is 11.3 Å². The van der Waals surface area contributed by atoms with Crippen LogP contribution in [0, 0.1) is 22.7 Å². The van der Waals surface area contributed by atoms with Crippen LogP contribution in [0.15, 0.2) is 42.6 Å². The summed E-state index contributed by atoms with van der Waals surface area (Å²) in [7, 11) is 0. The maximum absolute atomic E-state index is 12.8. The van der Waals surface area contributed by atoms with E-state index in [-0.39, 0.29) is 17.3 Å². The van der Waals surface area contributed by atoms with E-state index in [1.54, 1.807) is 0 Å². The van der Waals surface area contributed by atoms with Crippen molar-refractivity contribution < 1.29 is 9.53 Å². The fourth-order valence-electron chi connectivity index (χ4n) is 4.99. The zero-order valence-corrected chi connectivity index (χ0v) is 21.0. The van der Waals surface area contributed by atoms with Crippen LogP contribution < -0.4 is 4.74 Å². The van der Waals surface area contributed by atoms with E-state index in [4.69, 9.17) is 4.74 Å². The first-order valence-electron chi connectivity index (χ1n) is 13.3. The predicted octanol–water partition coefficient (Wildman–Crippen LogP) is 8.06. The number of aryl methyl sites for hydroxylation is 1. The molecule has 1 fully saturated rings. The molecule has 3 rings (SSSR count). The van der Waals surface area contributed by atoms with Gasteiger partial charge in [-0.05, 0) is 74.4 Å². The van der Waals surface area contributed by atoms with Crippen molar-refractivity contribution in [2.45, 2.75) is 97.3 Å². The lowest BCUT2D eigenvalue weighted by molar-refractivity contribution is -0.140. The van der Waals surface area contributed by atoms with Crippen molar-refractivity contribution >= 4 is 5.97 Å². The summed E-state index contributed by atoms with van der Waals surface area (Å²) < 4.78 is 5.69. The number of carbonyl (C=O) groups is 1. The molecular weight excluding hydrogens is 420 g/mol. The Kier molecular flexibility index (Phi) is 10.1. The third-order valence-electron chi connectivity index (χ3n) is 7.25. The zero-order valence-electron chi connectivity index (χ0n) is 21.0. The fourth-order valence-corrected chi connectivity index (χ4v) is 4.99. The van der Waals surface area contributed by atoms with Gasteiger partial charge in [-0.15, -0.1) is 0 Å². The van der Waals surface area contributed by atoms with Gasteiger partial charge < -0.3 is 4.74 Å². The highest BCUT2D eigenvalue weighted by atomic mass is 16.5. The maximum atomic E-state index is 12.8. The molecule has 1 aromatic heterocycles. The molecule has 0 saturated heterocycles. The summed E-state index contributed by atoms with van der Waals surface area (Å²) in [6.45, 7) is 4.39. The van der Waals surface area contributed by atoms with Gasteiger partial charge in [0.2, 0.25) is 0 Å². The number of ether oxygens (including phenoxy) is 1. The molecule has 0 aliphatic heterocycles. The smallest absolute Gasteiger partial charge is 0.314 e. The first-order chi connectivity index (χ1) is 16.6. The van der Waals surface area contributed by atoms with Crippen LogP contribution >= 0.6 is 0 Å². The minimum Gasteiger partial charge on any atom is -0.426 e. The van der Waals surface area contributed by atoms with Crippen LogP contribution in [0.5, 0.6) is 5.75 Å². The van der Waals surface area contributed by atoms with Crippen LogP contribution in [0.3, 0.4) is 0 Å². The minimum atomic E-state index is -0.247. The van der Waals surface area contributed by atoms with E-state index >= 15 is 0 Å². The van der Waals surface area contributed by atoms with Crippen LogP contribution in [0.2, 0.25) is 0 Å². The molecular formula is C30H40N2O2. The summed E-state index contributed by atoms with van der Waals surface area (Å²) in [6.07, 6.45) is 15.6. The summed E-state index contributed by atoms with van der Waals surface area (Å²) in [5.74, 6) is 0.292. The molecule has 34 heavy (non-hydrogen) atoms. The summed E-state index contributed by atoms with van der Waals surface area (Å²) >= 11 is 0. The molecule has 0 atom stereocenters. The second-order valence-corrected chi connectivity index (χ2v) is 9.93. The van der Waals surface area contributed by atoms with Gasteiger partial charge in [-0.1, -0.05) is 64.9 Å². The number of nitrogens with zero attached hydrogens (tertiary/aromatic N) is 2. The van der Waals surface area contributed by atoms with Gasteiger partial charge in [0, 0.05) is 11.8 Å². The standard InChI is InChI=1S/C30H40N2O2/c1-3-5-6-7-8-9-19-30(23-31)20-17-26(18-21-30)29(33)34-27-14-12-25(13-15-27)28-16-11-24(10-4-2)22-32-28/h11-16,22,26H,3-10,17-21H2,1-2H3. The highest BCUT2D eigenvalue weighted by Gasteiger charge is 2.37. The van der Waals surface area contributed by atoms with Crippen LogP contribution in [-0.4, -0.2) is 11.0 Å². The lowest BCUT2D eigenvalue weighted by Gasteiger charge is -2.34. The van der Waals surface area contributed by atoms with Crippen molar-refractivity contribution in [2.24, 2.45) is 11.3 Å². The molecule has 1 heterocycles. The lowest BCUT2D eigenvalue weighted by Crippen LogP contribution is -2.31. The Balaban J connectivity index is 1.46. The molecule has 0 N–H and O–H groups in total. The molecule has 4 heteroatoms. The second-order valence-electron chi connectivity index (χ2n) is 9.93. The van der Waals surface area contributed by atoms with Crippen LogP contribution in [-0.2, 0) is 11.2 Å². The van der Waals surface area contributed by atoms with Crippen LogP contribution in [0.1, 0.15) is 96.5 Å². The highest BCUT2D eigenvalue weighted by molar-refractivity contribution is 5.75. The quantitative estimate of drug-likeness (QED) is 0.182. The minimum absolute atomic E-state index is 0.113. The molecule has 1 aliphatic carbocycles. The van der Waals surface area contributed by atoms with Gasteiger partial charge in [0.15, 0.2) is 0 Å². The summed E-state index contributed by atoms with van der Waals surface area (Å²) in [6, 6.07) is 14.4. The molecule has 0 unspecified atom stereocenters. The number of nitriles is 1. The molecule has 0 amide bonds. The number of aromatic nitrogens is 1. The summed E-state index contributed by atoms with van der Waals surface area (Å²) in [5, 5.41) is 9.83. The predicted molar refractivity (Wildman–Crippen MR) is 137 cm³/mol. The van der Waals surface area contributed by atoms with E-state index in [9.17, 15) is 10.1 Å². The Morgan fingerprint density at radius 3 is 2.32 bits per heavy atom. The molecule has 0 spiro atoms. The van der Waals surface area contributed by atoms with Crippen molar-refractivity contribution in [3.05, 3.63) is 48.2 Å². The largest absolute Gasteiger partial charge is 0.426 e. The summed E-state index contributed by atoms with van der Waals surface area (Å²) in [5.41, 5.74) is 2.93. The number of benzene rings is 1. The van der Waals surface area contributed by atoms with Gasteiger partial charge in [-0.2, -0.15) is 5.26 Å². The van der Waals surface area contributed by atoms with Crippen molar-refractivity contribution in [3.8, 4) is 23.1 Å². The number of unbranched alkanes of at least 4 members (excludes halogenated alkanes) is 5. The van der Waals surface area contributed by atoms with Crippen molar-refractivity contribution in [1.29, 1.82) is 5.26 Å².